The number of aliphatic hydroxyl groups excluding tert-OH is 1. The fourth-order valence-electron chi connectivity index (χ4n) is 8.73. The Labute approximate surface area is 383 Å². The van der Waals surface area contributed by atoms with E-state index in [9.17, 15) is 29.4 Å². The van der Waals surface area contributed by atoms with Gasteiger partial charge >= 0.3 is 12.1 Å². The standard InChI is InChI=1S/C52H55N5O9/c58-44-21-19-42(43-20-22-47(60)54-49(43)44)45(59)32-53-25-8-26-57(50(61)38-11-5-2-6-12-38)29-30-64-51(62)39-17-15-35(16-18-39)34-65-41-14-7-13-40(31-41)48(37-9-3-1-4-10-37)55-52(63)66-46-33-56-27-23-36(46)24-28-56/h1-7,9-22,31,36,45-46,48,53,58-59H,8,23-30,32-34H2,(H,54,60)(H,55,63). The summed E-state index contributed by atoms with van der Waals surface area (Å²) in [6.45, 7) is 4.35. The number of phenols is 1. The Hall–Kier alpha value is -7.00. The number of piperidine rings is 3. The first-order chi connectivity index (χ1) is 32.2. The fourth-order valence-corrected chi connectivity index (χ4v) is 8.73. The van der Waals surface area contributed by atoms with Crippen LogP contribution in [0.15, 0.2) is 138 Å². The Morgan fingerprint density at radius 3 is 2.30 bits per heavy atom. The zero-order chi connectivity index (χ0) is 45.8. The van der Waals surface area contributed by atoms with Crippen LogP contribution < -0.4 is 20.9 Å². The molecule has 4 heterocycles. The number of esters is 1. The molecule has 3 unspecified atom stereocenters. The number of carbonyl (C=O) groups excluding carboxylic acids is 3. The number of carbonyl (C=O) groups is 3. The molecule has 1 aromatic heterocycles. The molecule has 3 saturated heterocycles. The van der Waals surface area contributed by atoms with Crippen LogP contribution in [0.2, 0.25) is 0 Å². The van der Waals surface area contributed by atoms with E-state index in [4.69, 9.17) is 14.2 Å². The van der Waals surface area contributed by atoms with Crippen LogP contribution in [0.25, 0.3) is 10.9 Å². The van der Waals surface area contributed by atoms with E-state index in [2.05, 4.69) is 20.5 Å². The molecule has 3 fully saturated rings. The molecule has 14 heteroatoms. The molecule has 9 rings (SSSR count). The molecular formula is C52H55N5O9. The normalized spacial score (nSPS) is 17.4. The highest BCUT2D eigenvalue weighted by molar-refractivity contribution is 5.94. The number of rotatable bonds is 19. The van der Waals surface area contributed by atoms with E-state index >= 15 is 0 Å². The second-order valence-corrected chi connectivity index (χ2v) is 16.8. The topological polar surface area (TPSA) is 183 Å². The molecule has 0 saturated carbocycles. The number of aliphatic hydroxyl groups is 1. The summed E-state index contributed by atoms with van der Waals surface area (Å²) in [5.74, 6) is 0.228. The summed E-state index contributed by atoms with van der Waals surface area (Å²) < 4.78 is 17.8. The number of aromatic hydroxyl groups is 1. The van der Waals surface area contributed by atoms with E-state index in [0.29, 0.717) is 53.3 Å². The number of nitrogens with zero attached hydrogens (tertiary/aromatic N) is 2. The number of aromatic amines is 1. The van der Waals surface area contributed by atoms with Crippen LogP contribution in [0.5, 0.6) is 11.5 Å². The summed E-state index contributed by atoms with van der Waals surface area (Å²) in [5, 5.41) is 28.0. The molecule has 14 nitrogen and oxygen atoms in total. The molecule has 342 valence electrons. The van der Waals surface area contributed by atoms with E-state index in [1.165, 1.54) is 12.1 Å². The second kappa shape index (κ2) is 21.8. The quantitative estimate of drug-likeness (QED) is 0.0429. The number of benzene rings is 5. The maximum Gasteiger partial charge on any atom is 0.408 e. The third kappa shape index (κ3) is 11.6. The SMILES string of the molecule is O=C(NC(c1ccccc1)c1cccc(OCc2ccc(C(=O)OCCN(CCCNCC(O)c3ccc(O)c4[nH]c(=O)ccc34)C(=O)c3ccccc3)cc2)c1)OC1CN2CCC1CC2. The molecule has 66 heavy (non-hydrogen) atoms. The maximum absolute atomic E-state index is 13.5. The summed E-state index contributed by atoms with van der Waals surface area (Å²) in [5.41, 5.74) is 3.94. The minimum atomic E-state index is -0.917. The van der Waals surface area contributed by atoms with Gasteiger partial charge in [-0.3, -0.25) is 14.5 Å². The number of phenolic OH excluding ortho intramolecular Hbond substituents is 1. The summed E-state index contributed by atoms with van der Waals surface area (Å²) in [4.78, 5) is 58.3. The highest BCUT2D eigenvalue weighted by Gasteiger charge is 2.37. The van der Waals surface area contributed by atoms with Crippen molar-refractivity contribution in [3.05, 3.63) is 177 Å². The third-order valence-electron chi connectivity index (χ3n) is 12.3. The lowest BCUT2D eigenvalue weighted by Gasteiger charge is -2.43. The molecule has 0 radical (unpaired) electrons. The molecule has 5 N–H and O–H groups in total. The lowest BCUT2D eigenvalue weighted by atomic mass is 9.86. The Morgan fingerprint density at radius 1 is 0.818 bits per heavy atom. The number of ether oxygens (including phenoxy) is 3. The van der Waals surface area contributed by atoms with Gasteiger partial charge in [-0.2, -0.15) is 0 Å². The summed E-state index contributed by atoms with van der Waals surface area (Å²) in [7, 11) is 0. The predicted octanol–water partition coefficient (Wildman–Crippen LogP) is 6.74. The van der Waals surface area contributed by atoms with Gasteiger partial charge in [0.25, 0.3) is 5.91 Å². The van der Waals surface area contributed by atoms with Crippen molar-refractivity contribution in [2.45, 2.75) is 44.1 Å². The zero-order valence-electron chi connectivity index (χ0n) is 36.6. The van der Waals surface area contributed by atoms with Crippen LogP contribution in [0, 0.1) is 5.92 Å². The van der Waals surface area contributed by atoms with Gasteiger partial charge in [-0.1, -0.05) is 78.9 Å². The van der Waals surface area contributed by atoms with Gasteiger partial charge in [-0.25, -0.2) is 9.59 Å². The van der Waals surface area contributed by atoms with E-state index in [0.717, 1.165) is 49.2 Å². The molecule has 5 aromatic carbocycles. The van der Waals surface area contributed by atoms with Crippen molar-refractivity contribution in [2.75, 3.05) is 52.4 Å². The van der Waals surface area contributed by atoms with E-state index in [-0.39, 0.29) is 55.1 Å². The predicted molar refractivity (Wildman–Crippen MR) is 249 cm³/mol. The molecule has 2 bridgehead atoms. The number of fused-ring (bicyclic) bond motifs is 4. The first-order valence-corrected chi connectivity index (χ1v) is 22.5. The first kappa shape index (κ1) is 45.6. The molecule has 0 aliphatic carbocycles. The van der Waals surface area contributed by atoms with Gasteiger partial charge in [0.1, 0.15) is 30.8 Å². The lowest BCUT2D eigenvalue weighted by molar-refractivity contribution is -0.0336. The van der Waals surface area contributed by atoms with Gasteiger partial charge in [-0.05, 0) is 116 Å². The summed E-state index contributed by atoms with van der Waals surface area (Å²) >= 11 is 0. The molecule has 3 atom stereocenters. The van der Waals surface area contributed by atoms with Crippen LogP contribution in [0.4, 0.5) is 4.79 Å². The molecular weight excluding hydrogens is 839 g/mol. The van der Waals surface area contributed by atoms with Crippen LogP contribution in [-0.2, 0) is 16.1 Å². The summed E-state index contributed by atoms with van der Waals surface area (Å²) in [6.07, 6.45) is 1.20. The Bertz CT molecular complexity index is 2640. The van der Waals surface area contributed by atoms with Crippen molar-refractivity contribution >= 4 is 28.9 Å². The largest absolute Gasteiger partial charge is 0.506 e. The average molecular weight is 894 g/mol. The molecule has 0 spiro atoms. The van der Waals surface area contributed by atoms with Crippen LogP contribution in [-0.4, -0.2) is 101 Å². The molecule has 3 aliphatic rings. The van der Waals surface area contributed by atoms with E-state index in [1.54, 1.807) is 65.6 Å². The van der Waals surface area contributed by atoms with Crippen molar-refractivity contribution in [3.63, 3.8) is 0 Å². The van der Waals surface area contributed by atoms with Crippen LogP contribution >= 0.6 is 0 Å². The van der Waals surface area contributed by atoms with Gasteiger partial charge in [0, 0.05) is 36.7 Å². The van der Waals surface area contributed by atoms with Crippen molar-refractivity contribution < 1.29 is 38.8 Å². The maximum atomic E-state index is 13.5. The lowest BCUT2D eigenvalue weighted by Crippen LogP contribution is -2.52. The van der Waals surface area contributed by atoms with Gasteiger partial charge in [-0.15, -0.1) is 0 Å². The van der Waals surface area contributed by atoms with Gasteiger partial charge in [0.05, 0.1) is 29.8 Å². The van der Waals surface area contributed by atoms with E-state index in [1.807, 2.05) is 60.7 Å². The Balaban J connectivity index is 0.815. The number of hydrogen-bond acceptors (Lipinski definition) is 11. The Morgan fingerprint density at radius 2 is 1.56 bits per heavy atom. The number of aromatic nitrogens is 1. The highest BCUT2D eigenvalue weighted by Crippen LogP contribution is 2.31. The number of nitrogens with one attached hydrogen (secondary N) is 3. The minimum absolute atomic E-state index is 0.0168. The Kier molecular flexibility index (Phi) is 15.0. The third-order valence-corrected chi connectivity index (χ3v) is 12.3. The van der Waals surface area contributed by atoms with Gasteiger partial charge in [0.2, 0.25) is 5.56 Å². The number of amides is 2. The molecule has 6 aromatic rings. The number of pyridine rings is 1. The molecule has 2 amide bonds. The first-order valence-electron chi connectivity index (χ1n) is 22.5. The van der Waals surface area contributed by atoms with Gasteiger partial charge in [0.15, 0.2) is 0 Å². The smallest absolute Gasteiger partial charge is 0.408 e. The highest BCUT2D eigenvalue weighted by atomic mass is 16.6. The fraction of sp³-hybridized carbons (Fsp3) is 0.308. The second-order valence-electron chi connectivity index (χ2n) is 16.8. The van der Waals surface area contributed by atoms with Crippen molar-refractivity contribution in [1.82, 2.24) is 25.4 Å². The monoisotopic (exact) mass is 893 g/mol. The zero-order valence-corrected chi connectivity index (χ0v) is 36.6. The average Bonchev–Trinajstić information content (AvgIpc) is 3.35. The van der Waals surface area contributed by atoms with Crippen molar-refractivity contribution in [2.24, 2.45) is 5.92 Å². The number of H-pyrrole nitrogens is 1. The van der Waals surface area contributed by atoms with Crippen molar-refractivity contribution in [1.29, 1.82) is 0 Å². The molecule has 3 aliphatic heterocycles. The number of hydrogen-bond donors (Lipinski definition) is 5. The summed E-state index contributed by atoms with van der Waals surface area (Å²) in [6, 6.07) is 38.8. The van der Waals surface area contributed by atoms with Crippen LogP contribution in [0.3, 0.4) is 0 Å². The van der Waals surface area contributed by atoms with Gasteiger partial charge < -0.3 is 44.9 Å². The van der Waals surface area contributed by atoms with Crippen molar-refractivity contribution in [3.8, 4) is 11.5 Å². The van der Waals surface area contributed by atoms with Crippen LogP contribution in [0.1, 0.15) is 74.4 Å². The minimum Gasteiger partial charge on any atom is -0.506 e. The number of alkyl carbamates (subject to hydrolysis) is 1. The van der Waals surface area contributed by atoms with E-state index < -0.39 is 24.2 Å².